The molecule has 9 heteroatoms. The topological polar surface area (TPSA) is 96.9 Å². The van der Waals surface area contributed by atoms with E-state index in [0.717, 1.165) is 0 Å². The fourth-order valence-corrected chi connectivity index (χ4v) is 2.27. The molecule has 1 fully saturated rings. The molecule has 0 bridgehead atoms. The molecule has 2 amide bonds. The first-order valence-electron chi connectivity index (χ1n) is 7.91. The van der Waals surface area contributed by atoms with Crippen molar-refractivity contribution in [2.45, 2.75) is 6.92 Å². The van der Waals surface area contributed by atoms with E-state index in [1.54, 1.807) is 18.9 Å². The number of methoxy groups -OCH3 is 1. The number of nitrogens with one attached hydrogen (secondary N) is 1. The summed E-state index contributed by atoms with van der Waals surface area (Å²) in [6.07, 6.45) is 2.71. The third-order valence-corrected chi connectivity index (χ3v) is 3.58. The highest BCUT2D eigenvalue weighted by atomic mass is 16.6. The number of aromatic nitrogens is 2. The number of anilines is 1. The first-order valence-corrected chi connectivity index (χ1v) is 7.91. The first kappa shape index (κ1) is 17.9. The third-order valence-electron chi connectivity index (χ3n) is 3.58. The van der Waals surface area contributed by atoms with Crippen LogP contribution in [0.1, 0.15) is 17.3 Å². The predicted octanol–water partition coefficient (Wildman–Crippen LogP) is 0.131. The highest BCUT2D eigenvalue weighted by Gasteiger charge is 2.23. The van der Waals surface area contributed by atoms with E-state index in [4.69, 9.17) is 9.47 Å². The van der Waals surface area contributed by atoms with Crippen LogP contribution >= 0.6 is 0 Å². The van der Waals surface area contributed by atoms with Crippen LogP contribution in [0.4, 0.5) is 10.7 Å². The summed E-state index contributed by atoms with van der Waals surface area (Å²) in [5.74, 6) is 0.317. The first-order chi connectivity index (χ1) is 11.7. The van der Waals surface area contributed by atoms with Gasteiger partial charge in [0, 0.05) is 52.2 Å². The van der Waals surface area contributed by atoms with Gasteiger partial charge in [-0.05, 0) is 6.92 Å². The average molecular weight is 337 g/mol. The van der Waals surface area contributed by atoms with Crippen molar-refractivity contribution in [3.63, 3.8) is 0 Å². The number of piperazine rings is 1. The number of carbonyl (C=O) groups is 2. The molecule has 2 heterocycles. The van der Waals surface area contributed by atoms with Gasteiger partial charge in [0.2, 0.25) is 5.95 Å². The molecular weight excluding hydrogens is 314 g/mol. The van der Waals surface area contributed by atoms with Crippen LogP contribution in [0.2, 0.25) is 0 Å². The summed E-state index contributed by atoms with van der Waals surface area (Å²) in [5.41, 5.74) is 0.403. The van der Waals surface area contributed by atoms with E-state index in [2.05, 4.69) is 15.3 Å². The standard InChI is InChI=1S/C15H23N5O4/c1-3-24-15(22)20-7-5-19(6-8-20)14-17-10-12(11-18-14)13(21)16-4-9-23-2/h10-11H,3-9H2,1-2H3,(H,16,21). The molecule has 0 aromatic carbocycles. The van der Waals surface area contributed by atoms with Crippen LogP contribution < -0.4 is 10.2 Å². The van der Waals surface area contributed by atoms with Gasteiger partial charge in [-0.15, -0.1) is 0 Å². The van der Waals surface area contributed by atoms with Gasteiger partial charge in [0.05, 0.1) is 18.8 Å². The van der Waals surface area contributed by atoms with E-state index in [1.165, 1.54) is 12.4 Å². The van der Waals surface area contributed by atoms with Crippen LogP contribution in [0.5, 0.6) is 0 Å². The molecule has 2 rings (SSSR count). The third kappa shape index (κ3) is 4.79. The van der Waals surface area contributed by atoms with E-state index in [0.29, 0.717) is 57.4 Å². The Morgan fingerprint density at radius 2 is 1.88 bits per heavy atom. The maximum atomic E-state index is 11.9. The van der Waals surface area contributed by atoms with Crippen molar-refractivity contribution in [1.82, 2.24) is 20.2 Å². The van der Waals surface area contributed by atoms with Crippen molar-refractivity contribution in [3.05, 3.63) is 18.0 Å². The Morgan fingerprint density at radius 3 is 2.46 bits per heavy atom. The van der Waals surface area contributed by atoms with E-state index in [1.807, 2.05) is 4.90 Å². The molecule has 1 aromatic rings. The molecule has 24 heavy (non-hydrogen) atoms. The van der Waals surface area contributed by atoms with Crippen LogP contribution in [0.15, 0.2) is 12.4 Å². The molecule has 1 aromatic heterocycles. The Labute approximate surface area is 140 Å². The highest BCUT2D eigenvalue weighted by molar-refractivity contribution is 5.93. The minimum atomic E-state index is -0.291. The maximum Gasteiger partial charge on any atom is 0.409 e. The van der Waals surface area contributed by atoms with E-state index >= 15 is 0 Å². The van der Waals surface area contributed by atoms with Crippen LogP contribution in [0.3, 0.4) is 0 Å². The van der Waals surface area contributed by atoms with Gasteiger partial charge in [-0.1, -0.05) is 0 Å². The van der Waals surface area contributed by atoms with Gasteiger partial charge < -0.3 is 24.6 Å². The summed E-state index contributed by atoms with van der Waals surface area (Å²) >= 11 is 0. The Morgan fingerprint density at radius 1 is 1.21 bits per heavy atom. The Balaban J connectivity index is 1.86. The quantitative estimate of drug-likeness (QED) is 0.737. The van der Waals surface area contributed by atoms with Gasteiger partial charge in [-0.2, -0.15) is 0 Å². The minimum Gasteiger partial charge on any atom is -0.450 e. The predicted molar refractivity (Wildman–Crippen MR) is 87.0 cm³/mol. The van der Waals surface area contributed by atoms with Crippen LogP contribution in [-0.2, 0) is 9.47 Å². The molecule has 0 unspecified atom stereocenters. The van der Waals surface area contributed by atoms with Gasteiger partial charge >= 0.3 is 6.09 Å². The van der Waals surface area contributed by atoms with Crippen LogP contribution in [-0.4, -0.2) is 79.9 Å². The molecule has 0 saturated carbocycles. The van der Waals surface area contributed by atoms with Gasteiger partial charge in [0.25, 0.3) is 5.91 Å². The lowest BCUT2D eigenvalue weighted by molar-refractivity contribution is 0.0935. The normalized spacial score (nSPS) is 14.4. The highest BCUT2D eigenvalue weighted by Crippen LogP contribution is 2.11. The number of amides is 2. The van der Waals surface area contributed by atoms with Crippen molar-refractivity contribution in [2.24, 2.45) is 0 Å². The zero-order valence-corrected chi connectivity index (χ0v) is 14.0. The van der Waals surface area contributed by atoms with Crippen molar-refractivity contribution < 1.29 is 19.1 Å². The van der Waals surface area contributed by atoms with Crippen molar-refractivity contribution in [3.8, 4) is 0 Å². The minimum absolute atomic E-state index is 0.231. The van der Waals surface area contributed by atoms with E-state index in [9.17, 15) is 9.59 Å². The SMILES string of the molecule is CCOC(=O)N1CCN(c2ncc(C(=O)NCCOC)cn2)CC1. The number of hydrogen-bond donors (Lipinski definition) is 1. The molecular formula is C15H23N5O4. The number of carbonyl (C=O) groups excluding carboxylic acids is 2. The van der Waals surface area contributed by atoms with Crippen molar-refractivity contribution >= 4 is 17.9 Å². The van der Waals surface area contributed by atoms with Gasteiger partial charge in [-0.3, -0.25) is 4.79 Å². The molecule has 0 radical (unpaired) electrons. The molecule has 132 valence electrons. The second-order valence-corrected chi connectivity index (χ2v) is 5.19. The summed E-state index contributed by atoms with van der Waals surface area (Å²) in [6, 6.07) is 0. The summed E-state index contributed by atoms with van der Waals surface area (Å²) in [6.45, 7) is 5.41. The second kappa shape index (κ2) is 9.02. The summed E-state index contributed by atoms with van der Waals surface area (Å²) in [7, 11) is 1.58. The lowest BCUT2D eigenvalue weighted by Gasteiger charge is -2.33. The fourth-order valence-electron chi connectivity index (χ4n) is 2.27. The molecule has 0 spiro atoms. The van der Waals surface area contributed by atoms with Gasteiger partial charge in [0.15, 0.2) is 0 Å². The Hall–Kier alpha value is -2.42. The second-order valence-electron chi connectivity index (χ2n) is 5.19. The molecule has 0 atom stereocenters. The average Bonchev–Trinajstić information content (AvgIpc) is 2.62. The number of ether oxygens (including phenoxy) is 2. The Bertz CT molecular complexity index is 543. The van der Waals surface area contributed by atoms with E-state index in [-0.39, 0.29) is 12.0 Å². The lowest BCUT2D eigenvalue weighted by Crippen LogP contribution is -2.49. The maximum absolute atomic E-state index is 11.9. The molecule has 9 nitrogen and oxygen atoms in total. The summed E-state index contributed by atoms with van der Waals surface area (Å²) in [4.78, 5) is 35.7. The summed E-state index contributed by atoms with van der Waals surface area (Å²) < 4.78 is 9.87. The van der Waals surface area contributed by atoms with Gasteiger partial charge in [0.1, 0.15) is 0 Å². The smallest absolute Gasteiger partial charge is 0.409 e. The molecule has 1 aliphatic heterocycles. The molecule has 1 aliphatic rings. The Kier molecular flexibility index (Phi) is 6.74. The van der Waals surface area contributed by atoms with E-state index < -0.39 is 0 Å². The summed E-state index contributed by atoms with van der Waals surface area (Å²) in [5, 5.41) is 2.71. The number of rotatable bonds is 6. The zero-order valence-electron chi connectivity index (χ0n) is 14.0. The zero-order chi connectivity index (χ0) is 17.4. The monoisotopic (exact) mass is 337 g/mol. The largest absolute Gasteiger partial charge is 0.450 e. The molecule has 0 aliphatic carbocycles. The van der Waals surface area contributed by atoms with Crippen LogP contribution in [0, 0.1) is 0 Å². The number of hydrogen-bond acceptors (Lipinski definition) is 7. The fraction of sp³-hybridized carbons (Fsp3) is 0.600. The van der Waals surface area contributed by atoms with Crippen molar-refractivity contribution in [2.75, 3.05) is 57.9 Å². The number of nitrogens with zero attached hydrogens (tertiary/aromatic N) is 4. The van der Waals surface area contributed by atoms with Crippen LogP contribution in [0.25, 0.3) is 0 Å². The van der Waals surface area contributed by atoms with Gasteiger partial charge in [-0.25, -0.2) is 14.8 Å². The lowest BCUT2D eigenvalue weighted by atomic mass is 10.3. The molecule has 1 N–H and O–H groups in total. The molecule has 1 saturated heterocycles. The van der Waals surface area contributed by atoms with Crippen molar-refractivity contribution in [1.29, 1.82) is 0 Å².